The molecule has 1 amide bonds. The number of carbonyl (C=O) groups excluding carboxylic acids is 1. The second kappa shape index (κ2) is 8.97. The van der Waals surface area contributed by atoms with Crippen LogP contribution in [0, 0.1) is 0 Å². The first kappa shape index (κ1) is 22.4. The van der Waals surface area contributed by atoms with Crippen molar-refractivity contribution in [3.63, 3.8) is 0 Å². The third kappa shape index (κ3) is 4.41. The molecule has 1 aromatic carbocycles. The number of amidine groups is 1. The molecule has 0 saturated heterocycles. The van der Waals surface area contributed by atoms with Gasteiger partial charge in [0.05, 0.1) is 23.4 Å². The number of benzene rings is 1. The lowest BCUT2D eigenvalue weighted by molar-refractivity contribution is -0.119. The van der Waals surface area contributed by atoms with Crippen molar-refractivity contribution in [1.82, 2.24) is 20.3 Å². The van der Waals surface area contributed by atoms with E-state index in [9.17, 15) is 4.79 Å². The third-order valence-corrected chi connectivity index (χ3v) is 5.88. The molecule has 2 aromatic rings. The van der Waals surface area contributed by atoms with Crippen LogP contribution in [0.5, 0.6) is 0 Å². The van der Waals surface area contributed by atoms with E-state index < -0.39 is 5.41 Å². The molecule has 0 radical (unpaired) electrons. The van der Waals surface area contributed by atoms with Gasteiger partial charge in [-0.1, -0.05) is 12.1 Å². The van der Waals surface area contributed by atoms with Crippen molar-refractivity contribution in [2.75, 3.05) is 24.2 Å². The van der Waals surface area contributed by atoms with Gasteiger partial charge >= 0.3 is 0 Å². The number of guanidine groups is 1. The van der Waals surface area contributed by atoms with Crippen molar-refractivity contribution in [2.45, 2.75) is 46.1 Å². The first-order valence-electron chi connectivity index (χ1n) is 10.9. The van der Waals surface area contributed by atoms with Crippen molar-refractivity contribution in [2.24, 2.45) is 15.0 Å². The molecule has 0 bridgehead atoms. The zero-order chi connectivity index (χ0) is 23.6. The maximum atomic E-state index is 12.2. The Bertz CT molecular complexity index is 1190. The van der Waals surface area contributed by atoms with Crippen LogP contribution < -0.4 is 10.6 Å². The summed E-state index contributed by atoms with van der Waals surface area (Å²) in [6.07, 6.45) is 4.43. The van der Waals surface area contributed by atoms with E-state index in [1.165, 1.54) is 0 Å². The van der Waals surface area contributed by atoms with Crippen molar-refractivity contribution in [3.05, 3.63) is 47.4 Å². The Labute approximate surface area is 193 Å². The predicted molar refractivity (Wildman–Crippen MR) is 131 cm³/mol. The summed E-state index contributed by atoms with van der Waals surface area (Å²) in [4.78, 5) is 28.0. The summed E-state index contributed by atoms with van der Waals surface area (Å²) >= 11 is 0. The van der Waals surface area contributed by atoms with Crippen LogP contribution in [0.3, 0.4) is 0 Å². The van der Waals surface area contributed by atoms with Crippen molar-refractivity contribution in [1.29, 1.82) is 0 Å². The lowest BCUT2D eigenvalue weighted by Crippen LogP contribution is -2.40. The average Bonchev–Trinajstić information content (AvgIpc) is 3.35. The highest BCUT2D eigenvalue weighted by Gasteiger charge is 2.38. The molecule has 2 aliphatic heterocycles. The fourth-order valence-electron chi connectivity index (χ4n) is 3.98. The molecule has 3 N–H and O–H groups in total. The minimum atomic E-state index is -0.541. The monoisotopic (exact) mass is 447 g/mol. The number of hydrogen-bond acceptors (Lipinski definition) is 5. The molecule has 2 aliphatic rings. The highest BCUT2D eigenvalue weighted by atomic mass is 16.2. The van der Waals surface area contributed by atoms with E-state index in [0.717, 1.165) is 52.8 Å². The average molecular weight is 448 g/mol. The van der Waals surface area contributed by atoms with Gasteiger partial charge in [-0.2, -0.15) is 15.4 Å². The number of rotatable bonds is 3. The van der Waals surface area contributed by atoms with E-state index in [2.05, 4.69) is 40.9 Å². The van der Waals surface area contributed by atoms with Crippen LogP contribution in [0.1, 0.15) is 44.6 Å². The van der Waals surface area contributed by atoms with Crippen molar-refractivity contribution in [3.8, 4) is 0 Å². The molecule has 1 aromatic heterocycles. The number of allylic oxidation sites excluding steroid dienone is 1. The normalized spacial score (nSPS) is 18.4. The summed E-state index contributed by atoms with van der Waals surface area (Å²) in [5, 5.41) is 17.3. The number of anilines is 2. The molecule has 3 heterocycles. The molecule has 0 spiro atoms. The summed E-state index contributed by atoms with van der Waals surface area (Å²) < 4.78 is 0. The Morgan fingerprint density at radius 2 is 2.06 bits per heavy atom. The number of aromatic nitrogens is 3. The molecule has 0 unspecified atom stereocenters. The zero-order valence-corrected chi connectivity index (χ0v) is 19.6. The van der Waals surface area contributed by atoms with E-state index in [-0.39, 0.29) is 5.91 Å². The van der Waals surface area contributed by atoms with Crippen LogP contribution in [-0.4, -0.2) is 57.3 Å². The summed E-state index contributed by atoms with van der Waals surface area (Å²) in [5.41, 5.74) is 4.68. The van der Waals surface area contributed by atoms with E-state index in [0.29, 0.717) is 12.5 Å². The van der Waals surface area contributed by atoms with Gasteiger partial charge in [0.2, 0.25) is 11.9 Å². The van der Waals surface area contributed by atoms with E-state index in [1.54, 1.807) is 13.2 Å². The summed E-state index contributed by atoms with van der Waals surface area (Å²) in [6, 6.07) is 5.80. The predicted octanol–water partition coefficient (Wildman–Crippen LogP) is 2.88. The molecule has 4 rings (SSSR count). The topological polar surface area (TPSA) is 123 Å². The molecule has 0 atom stereocenters. The van der Waals surface area contributed by atoms with Crippen molar-refractivity contribution < 1.29 is 4.79 Å². The Morgan fingerprint density at radius 1 is 1.27 bits per heavy atom. The highest BCUT2D eigenvalue weighted by molar-refractivity contribution is 6.42. The number of H-pyrrole nitrogens is 1. The van der Waals surface area contributed by atoms with Gasteiger partial charge in [0.25, 0.3) is 0 Å². The van der Waals surface area contributed by atoms with Gasteiger partial charge in [-0.15, -0.1) is 0 Å². The van der Waals surface area contributed by atoms with Crippen molar-refractivity contribution >= 4 is 34.8 Å². The van der Waals surface area contributed by atoms with Crippen LogP contribution in [-0.2, 0) is 23.2 Å². The fraction of sp³-hybridized carbons (Fsp3) is 0.391. The van der Waals surface area contributed by atoms with E-state index in [4.69, 9.17) is 4.99 Å². The number of carbonyl (C=O) groups is 1. The molecule has 0 saturated carbocycles. The third-order valence-electron chi connectivity index (χ3n) is 5.88. The SMILES string of the molecule is C\C=C/N=C(\C(C)=N\C(=NC)Nc1ccc2c(c1)NC(=O)C2(C)C)N1CCc2n[nH]nc2C1. The number of amides is 1. The van der Waals surface area contributed by atoms with Gasteiger partial charge < -0.3 is 15.5 Å². The highest BCUT2D eigenvalue weighted by Crippen LogP contribution is 2.38. The van der Waals surface area contributed by atoms with Crippen LogP contribution in [0.15, 0.2) is 45.5 Å². The number of nitrogens with zero attached hydrogens (tertiary/aromatic N) is 6. The fourth-order valence-corrected chi connectivity index (χ4v) is 3.98. The standard InChI is InChI=1S/C23H29N9O/c1-6-10-25-20(32-11-9-17-19(13-32)30-31-29-17)14(2)26-22(24-5)27-15-7-8-16-18(12-15)28-21(33)23(16,3)4/h6-8,10,12H,9,11,13H2,1-5H3,(H,24,27)(H,28,33)(H,29,30,31)/b10-6-,25-20+,26-14+. The number of aliphatic imine (C=N–C) groups is 3. The van der Waals surface area contributed by atoms with Gasteiger partial charge in [-0.3, -0.25) is 9.79 Å². The zero-order valence-electron chi connectivity index (χ0n) is 19.6. The van der Waals surface area contributed by atoms with E-state index in [1.807, 2.05) is 52.0 Å². The Morgan fingerprint density at radius 3 is 2.82 bits per heavy atom. The summed E-state index contributed by atoms with van der Waals surface area (Å²) in [6.45, 7) is 9.06. The van der Waals surface area contributed by atoms with Crippen LogP contribution in [0.4, 0.5) is 11.4 Å². The lowest BCUT2D eigenvalue weighted by atomic mass is 9.86. The molecular weight excluding hydrogens is 418 g/mol. The molecule has 10 nitrogen and oxygen atoms in total. The number of nitrogens with one attached hydrogen (secondary N) is 3. The number of fused-ring (bicyclic) bond motifs is 2. The van der Waals surface area contributed by atoms with Gasteiger partial charge in [-0.05, 0) is 45.4 Å². The van der Waals surface area contributed by atoms with Crippen LogP contribution >= 0.6 is 0 Å². The second-order valence-electron chi connectivity index (χ2n) is 8.53. The summed E-state index contributed by atoms with van der Waals surface area (Å²) in [7, 11) is 1.68. The molecule has 0 aliphatic carbocycles. The molecule has 0 fully saturated rings. The minimum absolute atomic E-state index is 0.00506. The quantitative estimate of drug-likeness (QED) is 0.493. The first-order valence-corrected chi connectivity index (χ1v) is 10.9. The minimum Gasteiger partial charge on any atom is -0.349 e. The van der Waals surface area contributed by atoms with Gasteiger partial charge in [0.1, 0.15) is 11.5 Å². The maximum Gasteiger partial charge on any atom is 0.234 e. The molecular formula is C23H29N9O. The van der Waals surface area contributed by atoms with Crippen LogP contribution in [0.25, 0.3) is 0 Å². The van der Waals surface area contributed by atoms with Gasteiger partial charge in [0, 0.05) is 37.6 Å². The lowest BCUT2D eigenvalue weighted by Gasteiger charge is -2.28. The maximum absolute atomic E-state index is 12.2. The molecule has 33 heavy (non-hydrogen) atoms. The molecule has 172 valence electrons. The Kier molecular flexibility index (Phi) is 6.08. The first-order chi connectivity index (χ1) is 15.8. The number of hydrogen-bond donors (Lipinski definition) is 3. The Hall–Kier alpha value is -3.82. The van der Waals surface area contributed by atoms with E-state index >= 15 is 0 Å². The van der Waals surface area contributed by atoms with Crippen LogP contribution in [0.2, 0.25) is 0 Å². The smallest absolute Gasteiger partial charge is 0.234 e. The summed E-state index contributed by atoms with van der Waals surface area (Å²) in [5.74, 6) is 1.20. The largest absolute Gasteiger partial charge is 0.349 e. The molecule has 10 heteroatoms. The van der Waals surface area contributed by atoms with Gasteiger partial charge in [0.15, 0.2) is 0 Å². The Balaban J connectivity index is 1.56. The second-order valence-corrected chi connectivity index (χ2v) is 8.53. The number of aromatic amines is 1. The van der Waals surface area contributed by atoms with Gasteiger partial charge in [-0.25, -0.2) is 9.98 Å².